The molecular weight excluding hydrogens is 169 g/mol. The smallest absolute Gasteiger partial charge is 0.251 e. The summed E-state index contributed by atoms with van der Waals surface area (Å²) in [6.07, 6.45) is 0.489. The van der Waals surface area contributed by atoms with E-state index >= 15 is 0 Å². The maximum absolute atomic E-state index is 12.9. The summed E-state index contributed by atoms with van der Waals surface area (Å²) < 4.78 is 12.9. The van der Waals surface area contributed by atoms with Crippen molar-refractivity contribution in [2.24, 2.45) is 0 Å². The average molecular weight is 181 g/mol. The molecule has 3 heteroatoms. The molecule has 0 aromatic heterocycles. The molecule has 0 spiro atoms. The molecule has 0 aromatic rings. The van der Waals surface area contributed by atoms with E-state index in [1.807, 2.05) is 0 Å². The van der Waals surface area contributed by atoms with Gasteiger partial charge in [0, 0.05) is 17.7 Å². The van der Waals surface area contributed by atoms with Gasteiger partial charge in [-0.1, -0.05) is 13.2 Å². The first-order valence-electron chi connectivity index (χ1n) is 4.06. The number of rotatable bonds is 2. The fraction of sp³-hybridized carbons (Fsp3) is 0.300. The van der Waals surface area contributed by atoms with Gasteiger partial charge in [0.25, 0.3) is 5.91 Å². The standard InChI is InChI=1S/C10H12FNO/c1-6(2)9-8(7(3)11)4-5-12-10(9)13/h1,3-5H2,2H3,(H,12,13). The van der Waals surface area contributed by atoms with E-state index in [0.717, 1.165) is 0 Å². The second kappa shape index (κ2) is 3.56. The fourth-order valence-corrected chi connectivity index (χ4v) is 1.37. The highest BCUT2D eigenvalue weighted by Gasteiger charge is 2.21. The lowest BCUT2D eigenvalue weighted by molar-refractivity contribution is -0.117. The number of allylic oxidation sites excluding steroid dienone is 1. The number of carbonyl (C=O) groups is 1. The fourth-order valence-electron chi connectivity index (χ4n) is 1.37. The molecule has 0 bridgehead atoms. The van der Waals surface area contributed by atoms with Crippen molar-refractivity contribution < 1.29 is 9.18 Å². The molecule has 70 valence electrons. The highest BCUT2D eigenvalue weighted by atomic mass is 19.1. The number of halogens is 1. The Morgan fingerprint density at radius 2 is 2.15 bits per heavy atom. The van der Waals surface area contributed by atoms with E-state index in [4.69, 9.17) is 0 Å². The minimum atomic E-state index is -0.534. The van der Waals surface area contributed by atoms with Crippen LogP contribution >= 0.6 is 0 Å². The molecule has 0 aromatic carbocycles. The van der Waals surface area contributed by atoms with Gasteiger partial charge in [-0.05, 0) is 18.9 Å². The summed E-state index contributed by atoms with van der Waals surface area (Å²) in [4.78, 5) is 11.3. The number of amides is 1. The summed E-state index contributed by atoms with van der Waals surface area (Å²) in [6.45, 7) is 8.99. The van der Waals surface area contributed by atoms with Crippen molar-refractivity contribution in [3.05, 3.63) is 35.7 Å². The molecule has 1 aliphatic heterocycles. The van der Waals surface area contributed by atoms with Crippen molar-refractivity contribution in [1.82, 2.24) is 5.32 Å². The summed E-state index contributed by atoms with van der Waals surface area (Å²) >= 11 is 0. The molecule has 0 fully saturated rings. The Balaban J connectivity index is 3.19. The molecule has 1 amide bonds. The SMILES string of the molecule is C=C(C)C1=C(C(=C)F)CCNC1=O. The van der Waals surface area contributed by atoms with Crippen LogP contribution in [0.2, 0.25) is 0 Å². The highest BCUT2D eigenvalue weighted by Crippen LogP contribution is 2.25. The summed E-state index contributed by atoms with van der Waals surface area (Å²) in [5.74, 6) is -0.791. The quantitative estimate of drug-likeness (QED) is 0.692. The molecule has 13 heavy (non-hydrogen) atoms. The Bertz CT molecular complexity index is 315. The summed E-state index contributed by atoms with van der Waals surface area (Å²) in [5.41, 5.74) is 1.31. The van der Waals surface area contributed by atoms with Crippen molar-refractivity contribution >= 4 is 5.91 Å². The normalized spacial score (nSPS) is 16.9. The van der Waals surface area contributed by atoms with Crippen LogP contribution in [-0.4, -0.2) is 12.5 Å². The van der Waals surface area contributed by atoms with Crippen LogP contribution in [0.25, 0.3) is 0 Å². The van der Waals surface area contributed by atoms with Crippen molar-refractivity contribution in [2.45, 2.75) is 13.3 Å². The topological polar surface area (TPSA) is 29.1 Å². The Labute approximate surface area is 76.8 Å². The minimum Gasteiger partial charge on any atom is -0.352 e. The predicted molar refractivity (Wildman–Crippen MR) is 49.7 cm³/mol. The van der Waals surface area contributed by atoms with Crippen LogP contribution in [0.5, 0.6) is 0 Å². The first kappa shape index (κ1) is 9.71. The monoisotopic (exact) mass is 181 g/mol. The Morgan fingerprint density at radius 1 is 1.54 bits per heavy atom. The third-order valence-electron chi connectivity index (χ3n) is 1.94. The van der Waals surface area contributed by atoms with Crippen molar-refractivity contribution in [2.75, 3.05) is 6.54 Å². The molecule has 0 saturated carbocycles. The molecule has 1 aliphatic rings. The number of hydrogen-bond acceptors (Lipinski definition) is 1. The summed E-state index contributed by atoms with van der Waals surface area (Å²) in [7, 11) is 0. The van der Waals surface area contributed by atoms with Crippen LogP contribution in [0.15, 0.2) is 35.7 Å². The number of hydrogen-bond donors (Lipinski definition) is 1. The van der Waals surface area contributed by atoms with Gasteiger partial charge >= 0.3 is 0 Å². The van der Waals surface area contributed by atoms with E-state index in [9.17, 15) is 9.18 Å². The second-order valence-electron chi connectivity index (χ2n) is 3.04. The van der Waals surface area contributed by atoms with E-state index in [0.29, 0.717) is 29.7 Å². The maximum Gasteiger partial charge on any atom is 0.251 e. The number of carbonyl (C=O) groups excluding carboxylic acids is 1. The van der Waals surface area contributed by atoms with Crippen molar-refractivity contribution in [1.29, 1.82) is 0 Å². The van der Waals surface area contributed by atoms with Gasteiger partial charge in [-0.2, -0.15) is 0 Å². The zero-order valence-electron chi connectivity index (χ0n) is 7.61. The first-order valence-corrected chi connectivity index (χ1v) is 4.06. The van der Waals surface area contributed by atoms with Gasteiger partial charge < -0.3 is 5.32 Å². The van der Waals surface area contributed by atoms with Crippen LogP contribution in [0.3, 0.4) is 0 Å². The van der Waals surface area contributed by atoms with Crippen molar-refractivity contribution in [3.8, 4) is 0 Å². The maximum atomic E-state index is 12.9. The van der Waals surface area contributed by atoms with Crippen LogP contribution in [-0.2, 0) is 4.79 Å². The third-order valence-corrected chi connectivity index (χ3v) is 1.94. The largest absolute Gasteiger partial charge is 0.352 e. The molecule has 0 radical (unpaired) electrons. The molecule has 1 heterocycles. The Kier molecular flexibility index (Phi) is 2.66. The van der Waals surface area contributed by atoms with E-state index in [2.05, 4.69) is 18.5 Å². The molecule has 0 saturated heterocycles. The molecule has 1 rings (SSSR count). The Hall–Kier alpha value is -1.38. The molecule has 0 aliphatic carbocycles. The van der Waals surface area contributed by atoms with Gasteiger partial charge in [-0.25, -0.2) is 4.39 Å². The Morgan fingerprint density at radius 3 is 2.54 bits per heavy atom. The molecular formula is C10H12FNO. The van der Waals surface area contributed by atoms with Gasteiger partial charge in [0.15, 0.2) is 0 Å². The van der Waals surface area contributed by atoms with Gasteiger partial charge in [0.2, 0.25) is 0 Å². The van der Waals surface area contributed by atoms with E-state index < -0.39 is 5.83 Å². The van der Waals surface area contributed by atoms with Crippen LogP contribution < -0.4 is 5.32 Å². The summed E-state index contributed by atoms with van der Waals surface area (Å²) in [6, 6.07) is 0. The van der Waals surface area contributed by atoms with Crippen LogP contribution in [0.4, 0.5) is 4.39 Å². The van der Waals surface area contributed by atoms with Crippen LogP contribution in [0, 0.1) is 0 Å². The third kappa shape index (κ3) is 1.86. The van der Waals surface area contributed by atoms with E-state index in [-0.39, 0.29) is 5.91 Å². The molecule has 2 nitrogen and oxygen atoms in total. The first-order chi connectivity index (χ1) is 6.04. The van der Waals surface area contributed by atoms with E-state index in [1.165, 1.54) is 0 Å². The lowest BCUT2D eigenvalue weighted by atomic mass is 9.95. The molecule has 1 N–H and O–H groups in total. The van der Waals surface area contributed by atoms with Gasteiger partial charge in [-0.3, -0.25) is 4.79 Å². The zero-order valence-corrected chi connectivity index (χ0v) is 7.61. The zero-order chi connectivity index (χ0) is 10.0. The molecule has 0 atom stereocenters. The van der Waals surface area contributed by atoms with Gasteiger partial charge in [0.1, 0.15) is 5.83 Å². The number of nitrogens with one attached hydrogen (secondary N) is 1. The highest BCUT2D eigenvalue weighted by molar-refractivity contribution is 5.99. The minimum absolute atomic E-state index is 0.257. The van der Waals surface area contributed by atoms with Gasteiger partial charge in [0.05, 0.1) is 0 Å². The second-order valence-corrected chi connectivity index (χ2v) is 3.04. The average Bonchev–Trinajstić information content (AvgIpc) is 2.02. The molecule has 0 unspecified atom stereocenters. The lowest BCUT2D eigenvalue weighted by Crippen LogP contribution is -2.32. The van der Waals surface area contributed by atoms with Crippen LogP contribution in [0.1, 0.15) is 13.3 Å². The lowest BCUT2D eigenvalue weighted by Gasteiger charge is -2.19. The summed E-state index contributed by atoms with van der Waals surface area (Å²) in [5, 5.41) is 2.63. The van der Waals surface area contributed by atoms with Crippen molar-refractivity contribution in [3.63, 3.8) is 0 Å². The van der Waals surface area contributed by atoms with E-state index in [1.54, 1.807) is 6.92 Å². The predicted octanol–water partition coefficient (Wildman–Crippen LogP) is 1.86. The van der Waals surface area contributed by atoms with Gasteiger partial charge in [-0.15, -0.1) is 0 Å².